The number of benzene rings is 1. The van der Waals surface area contributed by atoms with E-state index in [-0.39, 0.29) is 11.7 Å². The molecule has 0 heterocycles. The van der Waals surface area contributed by atoms with Gasteiger partial charge >= 0.3 is 0 Å². The smallest absolute Gasteiger partial charge is 0.271 e. The summed E-state index contributed by atoms with van der Waals surface area (Å²) in [5.74, 6) is 0. The van der Waals surface area contributed by atoms with E-state index < -0.39 is 4.92 Å². The zero-order chi connectivity index (χ0) is 11.4. The minimum Gasteiger partial charge on any atom is -0.325 e. The van der Waals surface area contributed by atoms with Gasteiger partial charge in [-0.1, -0.05) is 28.1 Å². The molecule has 80 valence electrons. The molecule has 1 aromatic rings. The molecule has 1 rings (SSSR count). The molecule has 0 amide bonds. The molecule has 1 unspecified atom stereocenters. The maximum atomic E-state index is 10.6. The minimum atomic E-state index is -0.423. The largest absolute Gasteiger partial charge is 0.325 e. The lowest BCUT2D eigenvalue weighted by Gasteiger charge is -1.98. The predicted octanol–water partition coefficient (Wildman–Crippen LogP) is 2.72. The van der Waals surface area contributed by atoms with Crippen LogP contribution < -0.4 is 5.73 Å². The SMILES string of the molecule is CC(N)/C=C/c1cc(Br)cc([N+](=O)[O-])c1. The Kier molecular flexibility index (Phi) is 3.99. The van der Waals surface area contributed by atoms with E-state index in [1.54, 1.807) is 18.2 Å². The third-order valence-electron chi connectivity index (χ3n) is 1.71. The summed E-state index contributed by atoms with van der Waals surface area (Å²) in [5.41, 5.74) is 6.37. The van der Waals surface area contributed by atoms with Gasteiger partial charge in [-0.3, -0.25) is 10.1 Å². The monoisotopic (exact) mass is 270 g/mol. The van der Waals surface area contributed by atoms with E-state index in [0.717, 1.165) is 5.56 Å². The Hall–Kier alpha value is -1.20. The highest BCUT2D eigenvalue weighted by Crippen LogP contribution is 2.22. The van der Waals surface area contributed by atoms with E-state index in [1.807, 2.05) is 6.92 Å². The lowest BCUT2D eigenvalue weighted by Crippen LogP contribution is -2.09. The summed E-state index contributed by atoms with van der Waals surface area (Å²) in [6.07, 6.45) is 3.55. The van der Waals surface area contributed by atoms with Crippen LogP contribution in [0.15, 0.2) is 28.7 Å². The average molecular weight is 271 g/mol. The second-order valence-corrected chi connectivity index (χ2v) is 4.13. The standard InChI is InChI=1S/C10H11BrN2O2/c1-7(12)2-3-8-4-9(11)6-10(5-8)13(14)15/h2-7H,12H2,1H3/b3-2+. The normalized spacial score (nSPS) is 13.0. The number of nitrogens with zero attached hydrogens (tertiary/aromatic N) is 1. The van der Waals surface area contributed by atoms with Crippen molar-refractivity contribution in [3.8, 4) is 0 Å². The van der Waals surface area contributed by atoms with Gasteiger partial charge in [-0.15, -0.1) is 0 Å². The molecule has 0 aliphatic rings. The number of nitro groups is 1. The van der Waals surface area contributed by atoms with Crippen LogP contribution in [0.4, 0.5) is 5.69 Å². The third kappa shape index (κ3) is 3.81. The number of rotatable bonds is 3. The first kappa shape index (κ1) is 11.9. The Bertz CT molecular complexity index is 402. The fourth-order valence-corrected chi connectivity index (χ4v) is 1.56. The highest BCUT2D eigenvalue weighted by Gasteiger charge is 2.06. The van der Waals surface area contributed by atoms with Crippen LogP contribution in [-0.2, 0) is 0 Å². The molecule has 4 nitrogen and oxygen atoms in total. The zero-order valence-corrected chi connectivity index (χ0v) is 9.77. The maximum Gasteiger partial charge on any atom is 0.271 e. The molecule has 1 atom stereocenters. The van der Waals surface area contributed by atoms with Crippen LogP contribution in [0.25, 0.3) is 6.08 Å². The van der Waals surface area contributed by atoms with Crippen molar-refractivity contribution in [1.82, 2.24) is 0 Å². The molecule has 0 radical (unpaired) electrons. The predicted molar refractivity (Wildman–Crippen MR) is 63.5 cm³/mol. The molecule has 0 saturated carbocycles. The van der Waals surface area contributed by atoms with Crippen LogP contribution >= 0.6 is 15.9 Å². The molecule has 0 aliphatic carbocycles. The number of halogens is 1. The van der Waals surface area contributed by atoms with Crippen LogP contribution in [0.3, 0.4) is 0 Å². The van der Waals surface area contributed by atoms with Gasteiger partial charge in [0.05, 0.1) is 4.92 Å². The van der Waals surface area contributed by atoms with Gasteiger partial charge in [0.15, 0.2) is 0 Å². The van der Waals surface area contributed by atoms with Crippen molar-refractivity contribution in [2.24, 2.45) is 5.73 Å². The molecule has 0 aliphatic heterocycles. The summed E-state index contributed by atoms with van der Waals surface area (Å²) < 4.78 is 0.682. The molecule has 2 N–H and O–H groups in total. The van der Waals surface area contributed by atoms with Crippen molar-refractivity contribution in [3.63, 3.8) is 0 Å². The van der Waals surface area contributed by atoms with Crippen molar-refractivity contribution in [3.05, 3.63) is 44.4 Å². The van der Waals surface area contributed by atoms with E-state index in [2.05, 4.69) is 15.9 Å². The lowest BCUT2D eigenvalue weighted by atomic mass is 10.1. The fraction of sp³-hybridized carbons (Fsp3) is 0.200. The molecule has 0 saturated heterocycles. The quantitative estimate of drug-likeness (QED) is 0.678. The summed E-state index contributed by atoms with van der Waals surface area (Å²) in [7, 11) is 0. The van der Waals surface area contributed by atoms with Crippen molar-refractivity contribution in [1.29, 1.82) is 0 Å². The molecule has 1 aromatic carbocycles. The van der Waals surface area contributed by atoms with Crippen molar-refractivity contribution in [2.45, 2.75) is 13.0 Å². The number of hydrogen-bond donors (Lipinski definition) is 1. The summed E-state index contributed by atoms with van der Waals surface area (Å²) in [6, 6.07) is 4.70. The van der Waals surface area contributed by atoms with E-state index >= 15 is 0 Å². The molecular weight excluding hydrogens is 260 g/mol. The van der Waals surface area contributed by atoms with Crippen LogP contribution in [0.5, 0.6) is 0 Å². The molecule has 0 spiro atoms. The van der Waals surface area contributed by atoms with Gasteiger partial charge in [0.25, 0.3) is 5.69 Å². The van der Waals surface area contributed by atoms with Gasteiger partial charge in [-0.05, 0) is 18.6 Å². The van der Waals surface area contributed by atoms with Gasteiger partial charge in [0, 0.05) is 22.6 Å². The Morgan fingerprint density at radius 2 is 2.20 bits per heavy atom. The van der Waals surface area contributed by atoms with Crippen molar-refractivity contribution < 1.29 is 4.92 Å². The second-order valence-electron chi connectivity index (χ2n) is 3.22. The molecule has 0 fully saturated rings. The molecule has 5 heteroatoms. The topological polar surface area (TPSA) is 69.2 Å². The first-order chi connectivity index (χ1) is 6.99. The van der Waals surface area contributed by atoms with Crippen molar-refractivity contribution in [2.75, 3.05) is 0 Å². The highest BCUT2D eigenvalue weighted by atomic mass is 79.9. The number of nitro benzene ring substituents is 1. The first-order valence-electron chi connectivity index (χ1n) is 4.38. The van der Waals surface area contributed by atoms with E-state index in [9.17, 15) is 10.1 Å². The number of non-ortho nitro benzene ring substituents is 1. The van der Waals surface area contributed by atoms with Gasteiger partial charge in [0.1, 0.15) is 0 Å². The van der Waals surface area contributed by atoms with E-state index in [1.165, 1.54) is 12.1 Å². The summed E-state index contributed by atoms with van der Waals surface area (Å²) in [4.78, 5) is 10.2. The number of hydrogen-bond acceptors (Lipinski definition) is 3. The molecule has 0 aromatic heterocycles. The third-order valence-corrected chi connectivity index (χ3v) is 2.17. The lowest BCUT2D eigenvalue weighted by molar-refractivity contribution is -0.384. The fourth-order valence-electron chi connectivity index (χ4n) is 1.06. The van der Waals surface area contributed by atoms with Crippen LogP contribution in [0, 0.1) is 10.1 Å². The van der Waals surface area contributed by atoms with E-state index in [0.29, 0.717) is 4.47 Å². The average Bonchev–Trinajstić information content (AvgIpc) is 2.13. The Balaban J connectivity index is 3.04. The second kappa shape index (κ2) is 5.04. The number of nitrogens with two attached hydrogens (primary N) is 1. The van der Waals surface area contributed by atoms with Gasteiger partial charge in [-0.2, -0.15) is 0 Å². The van der Waals surface area contributed by atoms with Gasteiger partial charge < -0.3 is 5.73 Å². The van der Waals surface area contributed by atoms with Crippen LogP contribution in [-0.4, -0.2) is 11.0 Å². The maximum absolute atomic E-state index is 10.6. The minimum absolute atomic E-state index is 0.0636. The highest BCUT2D eigenvalue weighted by molar-refractivity contribution is 9.10. The Labute approximate surface area is 96.1 Å². The zero-order valence-electron chi connectivity index (χ0n) is 8.18. The van der Waals surface area contributed by atoms with E-state index in [4.69, 9.17) is 5.73 Å². The molecular formula is C10H11BrN2O2. The summed E-state index contributed by atoms with van der Waals surface area (Å²) >= 11 is 3.22. The Morgan fingerprint density at radius 3 is 2.73 bits per heavy atom. The molecule has 0 bridgehead atoms. The van der Waals surface area contributed by atoms with Gasteiger partial charge in [0.2, 0.25) is 0 Å². The van der Waals surface area contributed by atoms with Crippen LogP contribution in [0.2, 0.25) is 0 Å². The summed E-state index contributed by atoms with van der Waals surface area (Å²) in [5, 5.41) is 10.6. The van der Waals surface area contributed by atoms with Crippen LogP contribution in [0.1, 0.15) is 12.5 Å². The first-order valence-corrected chi connectivity index (χ1v) is 5.17. The van der Waals surface area contributed by atoms with Crippen molar-refractivity contribution >= 4 is 27.7 Å². The molecule has 15 heavy (non-hydrogen) atoms. The van der Waals surface area contributed by atoms with Gasteiger partial charge in [-0.25, -0.2) is 0 Å². The Morgan fingerprint density at radius 1 is 1.53 bits per heavy atom. The summed E-state index contributed by atoms with van der Waals surface area (Å²) in [6.45, 7) is 1.84.